The molecule has 0 radical (unpaired) electrons. The van der Waals surface area contributed by atoms with Crippen molar-refractivity contribution < 1.29 is 8.78 Å². The van der Waals surface area contributed by atoms with Crippen molar-refractivity contribution in [2.24, 2.45) is 0 Å². The van der Waals surface area contributed by atoms with Gasteiger partial charge < -0.3 is 9.97 Å². The SMILES string of the molecule is CCCCCCCCCCC(CCCCC)n1c2nc3cc(F)ccc3[nH]c-2c(-c2c3[nH]c4ccc(F)cc4nc-3n(C(CCCCC)CCCCCCCCCC)c2=O)c1=O. The highest BCUT2D eigenvalue weighted by Crippen LogP contribution is 2.40. The van der Waals surface area contributed by atoms with E-state index >= 15 is 9.59 Å². The van der Waals surface area contributed by atoms with Crippen LogP contribution in [0.2, 0.25) is 0 Å². The molecule has 0 amide bonds. The third-order valence-electron chi connectivity index (χ3n) is 13.2. The topological polar surface area (TPSA) is 101 Å². The van der Waals surface area contributed by atoms with E-state index in [0.29, 0.717) is 45.1 Å². The maximum absolute atomic E-state index is 15.5. The molecule has 2 unspecified atom stereocenters. The normalized spacial score (nSPS) is 13.1. The highest BCUT2D eigenvalue weighted by Gasteiger charge is 2.36. The summed E-state index contributed by atoms with van der Waals surface area (Å²) in [6, 6.07) is 8.58. The first-order valence-electron chi connectivity index (χ1n) is 24.8. The molecule has 0 saturated carbocycles. The molecule has 0 saturated heterocycles. The first-order chi connectivity index (χ1) is 30.3. The first kappa shape index (κ1) is 47.1. The minimum atomic E-state index is -0.406. The zero-order chi connectivity index (χ0) is 43.8. The van der Waals surface area contributed by atoms with Crippen LogP contribution in [0.4, 0.5) is 8.78 Å². The summed E-state index contributed by atoms with van der Waals surface area (Å²) < 4.78 is 33.2. The fourth-order valence-corrected chi connectivity index (χ4v) is 9.71. The van der Waals surface area contributed by atoms with Crippen molar-refractivity contribution in [1.82, 2.24) is 29.1 Å². The second-order valence-electron chi connectivity index (χ2n) is 18.1. The molecule has 6 rings (SSSR count). The van der Waals surface area contributed by atoms with Gasteiger partial charge in [-0.3, -0.25) is 18.7 Å². The third-order valence-corrected chi connectivity index (χ3v) is 13.2. The Kier molecular flexibility index (Phi) is 18.2. The van der Waals surface area contributed by atoms with Crippen LogP contribution in [0.3, 0.4) is 0 Å². The molecule has 0 spiro atoms. The number of nitrogens with one attached hydrogen (secondary N) is 2. The van der Waals surface area contributed by atoms with Crippen LogP contribution in [-0.4, -0.2) is 29.1 Å². The van der Waals surface area contributed by atoms with Gasteiger partial charge in [0, 0.05) is 24.2 Å². The van der Waals surface area contributed by atoms with Crippen molar-refractivity contribution >= 4 is 22.1 Å². The Balaban J connectivity index is 1.49. The molecule has 0 aromatic heterocycles. The van der Waals surface area contributed by atoms with Gasteiger partial charge in [0.25, 0.3) is 11.1 Å². The molecule has 0 fully saturated rings. The molecule has 0 bridgehead atoms. The van der Waals surface area contributed by atoms with E-state index < -0.39 is 11.6 Å². The second-order valence-corrected chi connectivity index (χ2v) is 18.1. The lowest BCUT2D eigenvalue weighted by Gasteiger charge is -2.20. The van der Waals surface area contributed by atoms with Gasteiger partial charge in [0.05, 0.1) is 44.6 Å². The van der Waals surface area contributed by atoms with Crippen molar-refractivity contribution in [1.29, 1.82) is 0 Å². The molecule has 10 heteroatoms. The molecule has 338 valence electrons. The summed E-state index contributed by atoms with van der Waals surface area (Å²) in [6.07, 6.45) is 28.4. The maximum atomic E-state index is 15.5. The van der Waals surface area contributed by atoms with Crippen molar-refractivity contribution in [2.45, 2.75) is 207 Å². The second kappa shape index (κ2) is 23.9. The Morgan fingerprint density at radius 3 is 1.13 bits per heavy atom. The van der Waals surface area contributed by atoms with Crippen LogP contribution in [0.5, 0.6) is 0 Å². The van der Waals surface area contributed by atoms with Gasteiger partial charge in [-0.2, -0.15) is 0 Å². The summed E-state index contributed by atoms with van der Waals surface area (Å²) in [5, 5.41) is 0. The number of hydrogen-bond acceptors (Lipinski definition) is 4. The van der Waals surface area contributed by atoms with E-state index in [4.69, 9.17) is 9.97 Å². The molecular formula is C52H74F2N6O2. The molecule has 2 aromatic rings. The number of H-pyrrole nitrogens is 2. The van der Waals surface area contributed by atoms with Crippen molar-refractivity contribution in [3.05, 3.63) is 68.7 Å². The van der Waals surface area contributed by atoms with Crippen LogP contribution in [-0.2, 0) is 0 Å². The number of aromatic amines is 2. The monoisotopic (exact) mass is 853 g/mol. The highest BCUT2D eigenvalue weighted by molar-refractivity contribution is 5.93. The molecule has 8 nitrogen and oxygen atoms in total. The number of unbranched alkanes of at least 4 members (excludes halogenated alkanes) is 18. The van der Waals surface area contributed by atoms with Crippen molar-refractivity contribution in [2.75, 3.05) is 0 Å². The minimum absolute atomic E-state index is 0.143. The number of fused-ring (bicyclic) bond motifs is 4. The quantitative estimate of drug-likeness (QED) is 0.0459. The summed E-state index contributed by atoms with van der Waals surface area (Å²) in [5.41, 5.74) is 2.95. The molecule has 2 aromatic carbocycles. The average molecular weight is 853 g/mol. The van der Waals surface area contributed by atoms with Crippen LogP contribution < -0.4 is 11.1 Å². The molecule has 4 aliphatic rings. The highest BCUT2D eigenvalue weighted by atomic mass is 19.1. The minimum Gasteiger partial charge on any atom is -0.350 e. The lowest BCUT2D eigenvalue weighted by molar-refractivity contribution is 0.392. The van der Waals surface area contributed by atoms with E-state index in [2.05, 4.69) is 37.7 Å². The number of nitrogens with zero attached hydrogens (tertiary/aromatic N) is 4. The number of halogens is 2. The lowest BCUT2D eigenvalue weighted by Crippen LogP contribution is -2.25. The summed E-state index contributed by atoms with van der Waals surface area (Å²) in [4.78, 5) is 48.0. The molecule has 4 heterocycles. The summed E-state index contributed by atoms with van der Waals surface area (Å²) >= 11 is 0. The standard InChI is InChI=1S/C52H74F2N6O2/c1-5-9-13-15-17-19-21-25-29-39(27-23-11-7-3)59-49-47(55-41-33-31-37(53)35-43(41)57-49)45(51(59)61)46-48-50(58-44-36-38(54)32-34-42(44)56-48)60(52(46)62)40(28-24-12-8-4)30-26-22-20-18-16-14-10-6-2/h31-36,39-40,55-56H,5-30H2,1-4H3. The Labute approximate surface area is 368 Å². The van der Waals surface area contributed by atoms with Gasteiger partial charge in [0.2, 0.25) is 0 Å². The van der Waals surface area contributed by atoms with Gasteiger partial charge in [-0.15, -0.1) is 0 Å². The van der Waals surface area contributed by atoms with Gasteiger partial charge in [0.15, 0.2) is 11.6 Å². The number of aromatic nitrogens is 6. The van der Waals surface area contributed by atoms with Crippen molar-refractivity contribution in [3.63, 3.8) is 0 Å². The van der Waals surface area contributed by atoms with Crippen molar-refractivity contribution in [3.8, 4) is 34.2 Å². The first-order valence-corrected chi connectivity index (χ1v) is 24.8. The van der Waals surface area contributed by atoms with E-state index in [9.17, 15) is 8.78 Å². The van der Waals surface area contributed by atoms with Gasteiger partial charge >= 0.3 is 0 Å². The Morgan fingerprint density at radius 2 is 0.774 bits per heavy atom. The van der Waals surface area contributed by atoms with Gasteiger partial charge in [-0.05, 0) is 49.9 Å². The predicted molar refractivity (Wildman–Crippen MR) is 254 cm³/mol. The maximum Gasteiger partial charge on any atom is 0.262 e. The summed E-state index contributed by atoms with van der Waals surface area (Å²) in [6.45, 7) is 8.85. The predicted octanol–water partition coefficient (Wildman–Crippen LogP) is 15.2. The molecule has 2 N–H and O–H groups in total. The van der Waals surface area contributed by atoms with E-state index in [-0.39, 0.29) is 34.3 Å². The molecule has 4 aliphatic heterocycles. The average Bonchev–Trinajstić information content (AvgIpc) is 3.69. The van der Waals surface area contributed by atoms with E-state index in [1.54, 1.807) is 12.1 Å². The molecule has 62 heavy (non-hydrogen) atoms. The van der Waals surface area contributed by atoms with Crippen LogP contribution in [0.1, 0.15) is 207 Å². The largest absolute Gasteiger partial charge is 0.350 e. The smallest absolute Gasteiger partial charge is 0.262 e. The van der Waals surface area contributed by atoms with E-state index in [1.165, 1.54) is 101 Å². The molecular weight excluding hydrogens is 779 g/mol. The Hall–Kier alpha value is -4.34. The third kappa shape index (κ3) is 11.6. The number of rotatable bonds is 29. The zero-order valence-corrected chi connectivity index (χ0v) is 38.4. The van der Waals surface area contributed by atoms with Crippen LogP contribution >= 0.6 is 0 Å². The fourth-order valence-electron chi connectivity index (χ4n) is 9.71. The Morgan fingerprint density at radius 1 is 0.468 bits per heavy atom. The molecule has 0 aliphatic carbocycles. The van der Waals surface area contributed by atoms with Crippen LogP contribution in [0, 0.1) is 11.6 Å². The van der Waals surface area contributed by atoms with Gasteiger partial charge in [-0.1, -0.05) is 169 Å². The summed E-state index contributed by atoms with van der Waals surface area (Å²) in [7, 11) is 0. The summed E-state index contributed by atoms with van der Waals surface area (Å²) in [5.74, 6) is 0.0742. The number of hydrogen-bond donors (Lipinski definition) is 2. The lowest BCUT2D eigenvalue weighted by atomic mass is 10.0. The zero-order valence-electron chi connectivity index (χ0n) is 38.4. The molecule has 2 atom stereocenters. The van der Waals surface area contributed by atoms with Gasteiger partial charge in [0.1, 0.15) is 11.6 Å². The van der Waals surface area contributed by atoms with E-state index in [0.717, 1.165) is 89.9 Å². The fraction of sp³-hybridized carbons (Fsp3) is 0.615. The van der Waals surface area contributed by atoms with Gasteiger partial charge in [-0.25, -0.2) is 18.7 Å². The number of benzene rings is 2. The van der Waals surface area contributed by atoms with Crippen LogP contribution in [0.25, 0.3) is 56.2 Å². The Bertz CT molecular complexity index is 2170. The van der Waals surface area contributed by atoms with E-state index in [1.807, 2.05) is 9.13 Å². The van der Waals surface area contributed by atoms with Crippen LogP contribution in [0.15, 0.2) is 46.0 Å².